The van der Waals surface area contributed by atoms with Crippen molar-refractivity contribution in [3.8, 4) is 0 Å². The average molecular weight is 291 g/mol. The minimum Gasteiger partial charge on any atom is -0.324 e. The molecule has 0 saturated heterocycles. The second-order valence-corrected chi connectivity index (χ2v) is 6.48. The zero-order valence-corrected chi connectivity index (χ0v) is 13.7. The predicted molar refractivity (Wildman–Crippen MR) is 89.4 cm³/mol. The molecule has 110 valence electrons. The molecule has 0 spiro atoms. The molecule has 0 aliphatic heterocycles. The van der Waals surface area contributed by atoms with Gasteiger partial charge in [0.1, 0.15) is 5.82 Å². The molecular formula is C16H25N3S. The van der Waals surface area contributed by atoms with Crippen molar-refractivity contribution in [1.82, 2.24) is 9.55 Å². The lowest BCUT2D eigenvalue weighted by molar-refractivity contribution is 0.536. The maximum Gasteiger partial charge on any atom is 0.127 e. The monoisotopic (exact) mass is 291 g/mol. The Balaban J connectivity index is 2.49. The molecule has 1 aromatic heterocycles. The van der Waals surface area contributed by atoms with Crippen molar-refractivity contribution in [2.24, 2.45) is 5.73 Å². The lowest BCUT2D eigenvalue weighted by Crippen LogP contribution is -2.18. The molecule has 1 atom stereocenters. The van der Waals surface area contributed by atoms with E-state index < -0.39 is 0 Å². The van der Waals surface area contributed by atoms with Gasteiger partial charge < -0.3 is 10.3 Å². The number of aromatic nitrogens is 2. The van der Waals surface area contributed by atoms with Crippen molar-refractivity contribution < 1.29 is 0 Å². The van der Waals surface area contributed by atoms with Crippen molar-refractivity contribution in [1.29, 1.82) is 0 Å². The summed E-state index contributed by atoms with van der Waals surface area (Å²) in [5.41, 5.74) is 9.96. The highest BCUT2D eigenvalue weighted by atomic mass is 32.2. The summed E-state index contributed by atoms with van der Waals surface area (Å²) >= 11 is 1.83. The van der Waals surface area contributed by atoms with Gasteiger partial charge in [-0.3, -0.25) is 0 Å². The van der Waals surface area contributed by atoms with Crippen molar-refractivity contribution in [3.05, 3.63) is 29.6 Å². The number of fused-ring (bicyclic) bond motifs is 1. The number of thioether (sulfide) groups is 1. The van der Waals surface area contributed by atoms with Crippen LogP contribution in [0.3, 0.4) is 0 Å². The highest BCUT2D eigenvalue weighted by Gasteiger charge is 2.18. The van der Waals surface area contributed by atoms with E-state index in [0.29, 0.717) is 6.04 Å². The van der Waals surface area contributed by atoms with Gasteiger partial charge in [-0.2, -0.15) is 11.8 Å². The van der Waals surface area contributed by atoms with E-state index in [9.17, 15) is 0 Å². The minimum atomic E-state index is 0.0160. The Morgan fingerprint density at radius 3 is 2.70 bits per heavy atom. The Kier molecular flexibility index (Phi) is 5.11. The third-order valence-electron chi connectivity index (χ3n) is 3.67. The smallest absolute Gasteiger partial charge is 0.127 e. The highest BCUT2D eigenvalue weighted by molar-refractivity contribution is 7.98. The number of nitrogens with zero attached hydrogens (tertiary/aromatic N) is 2. The first-order valence-electron chi connectivity index (χ1n) is 7.33. The Labute approximate surface area is 125 Å². The molecule has 0 saturated carbocycles. The summed E-state index contributed by atoms with van der Waals surface area (Å²) < 4.78 is 2.29. The third-order valence-corrected chi connectivity index (χ3v) is 4.31. The predicted octanol–water partition coefficient (Wildman–Crippen LogP) is 3.93. The lowest BCUT2D eigenvalue weighted by Gasteiger charge is -2.17. The van der Waals surface area contributed by atoms with Crippen molar-refractivity contribution >= 4 is 22.8 Å². The van der Waals surface area contributed by atoms with Gasteiger partial charge in [0.05, 0.1) is 17.1 Å². The van der Waals surface area contributed by atoms with Crippen LogP contribution in [0.2, 0.25) is 0 Å². The highest BCUT2D eigenvalue weighted by Crippen LogP contribution is 2.26. The van der Waals surface area contributed by atoms with Crippen LogP contribution in [0.25, 0.3) is 11.0 Å². The molecule has 0 aliphatic carbocycles. The molecule has 2 aromatic rings. The second-order valence-electron chi connectivity index (χ2n) is 5.50. The van der Waals surface area contributed by atoms with Crippen LogP contribution in [-0.4, -0.2) is 21.6 Å². The Morgan fingerprint density at radius 2 is 2.10 bits per heavy atom. The summed E-state index contributed by atoms with van der Waals surface area (Å²) in [4.78, 5) is 4.82. The van der Waals surface area contributed by atoms with Crippen LogP contribution in [0, 0.1) is 0 Å². The molecule has 20 heavy (non-hydrogen) atoms. The van der Waals surface area contributed by atoms with Gasteiger partial charge >= 0.3 is 0 Å². The van der Waals surface area contributed by atoms with Gasteiger partial charge in [-0.05, 0) is 56.4 Å². The van der Waals surface area contributed by atoms with Gasteiger partial charge in [0, 0.05) is 6.04 Å². The normalized spacial score (nSPS) is 13.3. The number of imidazole rings is 1. The van der Waals surface area contributed by atoms with Crippen molar-refractivity contribution in [2.75, 3.05) is 12.0 Å². The molecule has 1 aromatic carbocycles. The maximum absolute atomic E-state index is 6.36. The Hall–Kier alpha value is -1.00. The number of nitrogens with two attached hydrogens (primary N) is 1. The third kappa shape index (κ3) is 3.01. The standard InChI is InChI=1S/C16H25N3S/c1-5-12-6-7-15-14(10-12)18-16(19(15)11(2)3)13(17)8-9-20-4/h6-7,10-11,13H,5,8-9,17H2,1-4H3. The van der Waals surface area contributed by atoms with Crippen LogP contribution in [0.5, 0.6) is 0 Å². The van der Waals surface area contributed by atoms with Gasteiger partial charge in [-0.1, -0.05) is 13.0 Å². The van der Waals surface area contributed by atoms with Gasteiger partial charge in [0.15, 0.2) is 0 Å². The molecule has 0 amide bonds. The Bertz CT molecular complexity index is 574. The van der Waals surface area contributed by atoms with E-state index in [-0.39, 0.29) is 6.04 Å². The van der Waals surface area contributed by atoms with E-state index in [1.807, 2.05) is 11.8 Å². The topological polar surface area (TPSA) is 43.8 Å². The molecule has 1 heterocycles. The maximum atomic E-state index is 6.36. The fraction of sp³-hybridized carbons (Fsp3) is 0.562. The summed E-state index contributed by atoms with van der Waals surface area (Å²) in [5.74, 6) is 2.10. The lowest BCUT2D eigenvalue weighted by atomic mass is 10.1. The quantitative estimate of drug-likeness (QED) is 0.877. The average Bonchev–Trinajstić information content (AvgIpc) is 2.82. The zero-order chi connectivity index (χ0) is 14.7. The number of aryl methyl sites for hydroxylation is 1. The SMILES string of the molecule is CCc1ccc2c(c1)nc(C(N)CCSC)n2C(C)C. The minimum absolute atomic E-state index is 0.0160. The molecule has 0 bridgehead atoms. The van der Waals surface area contributed by atoms with E-state index in [2.05, 4.69) is 49.8 Å². The number of benzene rings is 1. The summed E-state index contributed by atoms with van der Waals surface area (Å²) in [6.45, 7) is 6.56. The summed E-state index contributed by atoms with van der Waals surface area (Å²) in [7, 11) is 0. The van der Waals surface area contributed by atoms with Crippen LogP contribution in [0.1, 0.15) is 50.7 Å². The molecule has 4 heteroatoms. The van der Waals surface area contributed by atoms with Crippen LogP contribution < -0.4 is 5.73 Å². The first-order chi connectivity index (χ1) is 9.58. The van der Waals surface area contributed by atoms with E-state index in [1.165, 1.54) is 11.1 Å². The van der Waals surface area contributed by atoms with Crippen LogP contribution in [-0.2, 0) is 6.42 Å². The fourth-order valence-corrected chi connectivity index (χ4v) is 3.05. The summed E-state index contributed by atoms with van der Waals surface area (Å²) in [6, 6.07) is 6.97. The molecule has 0 fully saturated rings. The van der Waals surface area contributed by atoms with Crippen molar-refractivity contribution in [2.45, 2.75) is 45.7 Å². The molecule has 2 rings (SSSR count). The summed E-state index contributed by atoms with van der Waals surface area (Å²) in [5, 5.41) is 0. The van der Waals surface area contributed by atoms with E-state index in [4.69, 9.17) is 10.7 Å². The molecule has 3 nitrogen and oxygen atoms in total. The molecule has 0 aliphatic rings. The van der Waals surface area contributed by atoms with Gasteiger partial charge in [0.25, 0.3) is 0 Å². The van der Waals surface area contributed by atoms with Gasteiger partial charge in [0.2, 0.25) is 0 Å². The van der Waals surface area contributed by atoms with E-state index in [1.54, 1.807) is 0 Å². The molecule has 2 N–H and O–H groups in total. The first kappa shape index (κ1) is 15.4. The Morgan fingerprint density at radius 1 is 1.35 bits per heavy atom. The van der Waals surface area contributed by atoms with Gasteiger partial charge in [-0.15, -0.1) is 0 Å². The number of hydrogen-bond donors (Lipinski definition) is 1. The van der Waals surface area contributed by atoms with E-state index in [0.717, 1.165) is 29.9 Å². The van der Waals surface area contributed by atoms with Crippen LogP contribution in [0.4, 0.5) is 0 Å². The molecule has 1 unspecified atom stereocenters. The zero-order valence-electron chi connectivity index (χ0n) is 12.9. The summed E-state index contributed by atoms with van der Waals surface area (Å²) in [6.07, 6.45) is 4.13. The number of hydrogen-bond acceptors (Lipinski definition) is 3. The number of rotatable bonds is 6. The molecular weight excluding hydrogens is 266 g/mol. The van der Waals surface area contributed by atoms with Crippen molar-refractivity contribution in [3.63, 3.8) is 0 Å². The second kappa shape index (κ2) is 6.64. The largest absolute Gasteiger partial charge is 0.324 e. The fourth-order valence-electron chi connectivity index (χ4n) is 2.56. The first-order valence-corrected chi connectivity index (χ1v) is 8.73. The molecule has 0 radical (unpaired) electrons. The van der Waals surface area contributed by atoms with Crippen LogP contribution >= 0.6 is 11.8 Å². The van der Waals surface area contributed by atoms with E-state index >= 15 is 0 Å². The van der Waals surface area contributed by atoms with Crippen LogP contribution in [0.15, 0.2) is 18.2 Å². The van der Waals surface area contributed by atoms with Gasteiger partial charge in [-0.25, -0.2) is 4.98 Å².